The molecule has 0 bridgehead atoms. The Bertz CT molecular complexity index is 350. The number of nitriles is 1. The van der Waals surface area contributed by atoms with E-state index in [1.807, 2.05) is 42.1 Å². The van der Waals surface area contributed by atoms with Crippen LogP contribution < -0.4 is 5.32 Å². The van der Waals surface area contributed by atoms with Crippen molar-refractivity contribution in [3.05, 3.63) is 30.3 Å². The van der Waals surface area contributed by atoms with Gasteiger partial charge in [-0.1, -0.05) is 18.2 Å². The molecule has 0 unspecified atom stereocenters. The highest BCUT2D eigenvalue weighted by Crippen LogP contribution is 2.29. The summed E-state index contributed by atoms with van der Waals surface area (Å²) in [5, 5.41) is 12.7. The van der Waals surface area contributed by atoms with Gasteiger partial charge in [0.05, 0.1) is 6.07 Å². The Balaban J connectivity index is 2.12. The van der Waals surface area contributed by atoms with E-state index in [-0.39, 0.29) is 5.54 Å². The standard InChI is InChI=1S/C12H14N2S/c13-10-12(6-8-15-9-7-12)14-11-4-2-1-3-5-11/h1-5,14H,6-9H2. The molecule has 2 nitrogen and oxygen atoms in total. The minimum Gasteiger partial charge on any atom is -0.367 e. The second-order valence-electron chi connectivity index (χ2n) is 3.80. The first kappa shape index (κ1) is 10.4. The number of para-hydroxylation sites is 1. The summed E-state index contributed by atoms with van der Waals surface area (Å²) in [4.78, 5) is 0. The van der Waals surface area contributed by atoms with E-state index in [1.54, 1.807) is 0 Å². The molecule has 1 saturated heterocycles. The van der Waals surface area contributed by atoms with Crippen molar-refractivity contribution in [1.29, 1.82) is 5.26 Å². The lowest BCUT2D eigenvalue weighted by Crippen LogP contribution is -2.40. The highest BCUT2D eigenvalue weighted by molar-refractivity contribution is 7.99. The maximum atomic E-state index is 9.28. The van der Waals surface area contributed by atoms with Crippen LogP contribution in [0.3, 0.4) is 0 Å². The molecular weight excluding hydrogens is 204 g/mol. The van der Waals surface area contributed by atoms with Gasteiger partial charge in [0, 0.05) is 5.69 Å². The fourth-order valence-corrected chi connectivity index (χ4v) is 2.97. The summed E-state index contributed by atoms with van der Waals surface area (Å²) in [6.45, 7) is 0. The summed E-state index contributed by atoms with van der Waals surface area (Å²) in [5.41, 5.74) is 0.707. The molecule has 3 heteroatoms. The molecule has 15 heavy (non-hydrogen) atoms. The number of thioether (sulfide) groups is 1. The first-order valence-corrected chi connectivity index (χ1v) is 6.32. The predicted molar refractivity (Wildman–Crippen MR) is 65.0 cm³/mol. The van der Waals surface area contributed by atoms with Crippen LogP contribution in [-0.4, -0.2) is 17.0 Å². The number of anilines is 1. The molecule has 1 aromatic carbocycles. The van der Waals surface area contributed by atoms with E-state index in [1.165, 1.54) is 0 Å². The molecule has 78 valence electrons. The maximum absolute atomic E-state index is 9.28. The minimum atomic E-state index is -0.341. The van der Waals surface area contributed by atoms with Crippen molar-refractivity contribution < 1.29 is 0 Å². The first-order valence-electron chi connectivity index (χ1n) is 5.17. The number of hydrogen-bond donors (Lipinski definition) is 1. The lowest BCUT2D eigenvalue weighted by molar-refractivity contribution is 0.545. The average Bonchev–Trinajstić information content (AvgIpc) is 2.32. The minimum absolute atomic E-state index is 0.341. The summed E-state index contributed by atoms with van der Waals surface area (Å²) in [6, 6.07) is 12.4. The van der Waals surface area contributed by atoms with Crippen molar-refractivity contribution in [1.82, 2.24) is 0 Å². The summed E-state index contributed by atoms with van der Waals surface area (Å²) in [6.07, 6.45) is 1.87. The van der Waals surface area contributed by atoms with Gasteiger partial charge in [0.2, 0.25) is 0 Å². The largest absolute Gasteiger partial charge is 0.367 e. The van der Waals surface area contributed by atoms with Crippen molar-refractivity contribution in [2.75, 3.05) is 16.8 Å². The Morgan fingerprint density at radius 1 is 1.20 bits per heavy atom. The van der Waals surface area contributed by atoms with E-state index in [0.29, 0.717) is 0 Å². The number of benzene rings is 1. The molecule has 0 aliphatic carbocycles. The zero-order chi connectivity index (χ0) is 10.6. The van der Waals surface area contributed by atoms with Gasteiger partial charge in [-0.2, -0.15) is 17.0 Å². The fraction of sp³-hybridized carbons (Fsp3) is 0.417. The van der Waals surface area contributed by atoms with Crippen LogP contribution in [0.25, 0.3) is 0 Å². The number of hydrogen-bond acceptors (Lipinski definition) is 3. The normalized spacial score (nSPS) is 19.1. The van der Waals surface area contributed by atoms with Gasteiger partial charge in [-0.25, -0.2) is 0 Å². The van der Waals surface area contributed by atoms with Gasteiger partial charge in [0.1, 0.15) is 5.54 Å². The molecule has 1 aromatic rings. The van der Waals surface area contributed by atoms with Crippen molar-refractivity contribution >= 4 is 17.4 Å². The third-order valence-electron chi connectivity index (χ3n) is 2.72. The van der Waals surface area contributed by atoms with E-state index in [0.717, 1.165) is 30.0 Å². The van der Waals surface area contributed by atoms with E-state index < -0.39 is 0 Å². The Labute approximate surface area is 94.7 Å². The molecule has 0 amide bonds. The fourth-order valence-electron chi connectivity index (χ4n) is 1.78. The van der Waals surface area contributed by atoms with Gasteiger partial charge in [-0.15, -0.1) is 0 Å². The van der Waals surface area contributed by atoms with Crippen LogP contribution in [0.2, 0.25) is 0 Å². The summed E-state index contributed by atoms with van der Waals surface area (Å²) >= 11 is 1.93. The summed E-state index contributed by atoms with van der Waals surface area (Å²) in [7, 11) is 0. The van der Waals surface area contributed by atoms with E-state index in [4.69, 9.17) is 0 Å². The average molecular weight is 218 g/mol. The zero-order valence-electron chi connectivity index (χ0n) is 8.57. The van der Waals surface area contributed by atoms with E-state index in [2.05, 4.69) is 11.4 Å². The highest BCUT2D eigenvalue weighted by atomic mass is 32.2. The molecule has 0 spiro atoms. The summed E-state index contributed by atoms with van der Waals surface area (Å²) in [5.74, 6) is 2.15. The molecule has 1 aliphatic heterocycles. The van der Waals surface area contributed by atoms with E-state index >= 15 is 0 Å². The monoisotopic (exact) mass is 218 g/mol. The topological polar surface area (TPSA) is 35.8 Å². The van der Waals surface area contributed by atoms with Crippen LogP contribution in [0.15, 0.2) is 30.3 Å². The number of nitrogens with zero attached hydrogens (tertiary/aromatic N) is 1. The zero-order valence-corrected chi connectivity index (χ0v) is 9.39. The number of nitrogens with one attached hydrogen (secondary N) is 1. The van der Waals surface area contributed by atoms with Crippen molar-refractivity contribution in [3.63, 3.8) is 0 Å². The Morgan fingerprint density at radius 2 is 1.87 bits per heavy atom. The number of rotatable bonds is 2. The molecule has 1 heterocycles. The molecular formula is C12H14N2S. The van der Waals surface area contributed by atoms with Crippen molar-refractivity contribution in [2.45, 2.75) is 18.4 Å². The third kappa shape index (κ3) is 2.45. The third-order valence-corrected chi connectivity index (χ3v) is 3.70. The van der Waals surface area contributed by atoms with Gasteiger partial charge in [0.15, 0.2) is 0 Å². The van der Waals surface area contributed by atoms with Gasteiger partial charge < -0.3 is 5.32 Å². The Morgan fingerprint density at radius 3 is 2.47 bits per heavy atom. The van der Waals surface area contributed by atoms with Crippen molar-refractivity contribution in [3.8, 4) is 6.07 Å². The maximum Gasteiger partial charge on any atom is 0.126 e. The second-order valence-corrected chi connectivity index (χ2v) is 5.02. The Hall–Kier alpha value is -1.14. The van der Waals surface area contributed by atoms with Gasteiger partial charge in [-0.3, -0.25) is 0 Å². The van der Waals surface area contributed by atoms with Gasteiger partial charge >= 0.3 is 0 Å². The Kier molecular flexibility index (Phi) is 3.17. The van der Waals surface area contributed by atoms with Crippen LogP contribution in [0, 0.1) is 11.3 Å². The SMILES string of the molecule is N#CC1(Nc2ccccc2)CCSCC1. The van der Waals surface area contributed by atoms with Crippen LogP contribution in [0.4, 0.5) is 5.69 Å². The van der Waals surface area contributed by atoms with Crippen LogP contribution in [-0.2, 0) is 0 Å². The van der Waals surface area contributed by atoms with Gasteiger partial charge in [-0.05, 0) is 36.5 Å². The molecule has 0 atom stereocenters. The lowest BCUT2D eigenvalue weighted by atomic mass is 9.93. The lowest BCUT2D eigenvalue weighted by Gasteiger charge is -2.32. The van der Waals surface area contributed by atoms with E-state index in [9.17, 15) is 5.26 Å². The predicted octanol–water partition coefficient (Wildman–Crippen LogP) is 2.89. The molecule has 1 fully saturated rings. The highest BCUT2D eigenvalue weighted by Gasteiger charge is 2.31. The molecule has 0 aromatic heterocycles. The van der Waals surface area contributed by atoms with Crippen molar-refractivity contribution in [2.24, 2.45) is 0 Å². The van der Waals surface area contributed by atoms with Crippen LogP contribution >= 0.6 is 11.8 Å². The molecule has 0 radical (unpaired) electrons. The van der Waals surface area contributed by atoms with Crippen LogP contribution in [0.1, 0.15) is 12.8 Å². The molecule has 1 aliphatic rings. The molecule has 0 saturated carbocycles. The quantitative estimate of drug-likeness (QED) is 0.829. The van der Waals surface area contributed by atoms with Crippen LogP contribution in [0.5, 0.6) is 0 Å². The first-order chi connectivity index (χ1) is 7.35. The van der Waals surface area contributed by atoms with Gasteiger partial charge in [0.25, 0.3) is 0 Å². The molecule has 1 N–H and O–H groups in total. The molecule has 2 rings (SSSR count). The second kappa shape index (κ2) is 4.59. The summed E-state index contributed by atoms with van der Waals surface area (Å²) < 4.78 is 0. The smallest absolute Gasteiger partial charge is 0.126 e.